The molecule has 30 heavy (non-hydrogen) atoms. The molecule has 1 aliphatic rings. The summed E-state index contributed by atoms with van der Waals surface area (Å²) in [5, 5.41) is 12.0. The van der Waals surface area contributed by atoms with E-state index in [1.54, 1.807) is 13.0 Å². The van der Waals surface area contributed by atoms with Crippen molar-refractivity contribution in [1.82, 2.24) is 4.98 Å². The number of anilines is 1. The Balaban J connectivity index is 2.08. The Kier molecular flexibility index (Phi) is 5.61. The summed E-state index contributed by atoms with van der Waals surface area (Å²) in [6.45, 7) is 3.62. The van der Waals surface area contributed by atoms with Crippen LogP contribution in [0.5, 0.6) is 0 Å². The molecule has 7 heteroatoms. The average molecular weight is 405 g/mol. The van der Waals surface area contributed by atoms with E-state index in [0.717, 1.165) is 37.9 Å². The first-order chi connectivity index (χ1) is 14.6. The largest absolute Gasteiger partial charge is 0.462 e. The van der Waals surface area contributed by atoms with E-state index in [0.29, 0.717) is 27.8 Å². The van der Waals surface area contributed by atoms with Crippen molar-refractivity contribution < 1.29 is 14.5 Å². The Morgan fingerprint density at radius 1 is 1.13 bits per heavy atom. The zero-order valence-electron chi connectivity index (χ0n) is 16.8. The number of non-ortho nitro benzene ring substituents is 1. The molecule has 3 aromatic rings. The minimum atomic E-state index is -0.460. The van der Waals surface area contributed by atoms with Crippen LogP contribution in [0.15, 0.2) is 48.5 Å². The van der Waals surface area contributed by atoms with Gasteiger partial charge in [0.2, 0.25) is 0 Å². The van der Waals surface area contributed by atoms with E-state index >= 15 is 0 Å². The molecular weight excluding hydrogens is 382 g/mol. The van der Waals surface area contributed by atoms with E-state index in [-0.39, 0.29) is 12.3 Å². The zero-order chi connectivity index (χ0) is 21.1. The Morgan fingerprint density at radius 2 is 1.87 bits per heavy atom. The van der Waals surface area contributed by atoms with Gasteiger partial charge in [-0.15, -0.1) is 0 Å². The highest BCUT2D eigenvalue weighted by atomic mass is 16.6. The van der Waals surface area contributed by atoms with Crippen LogP contribution in [0.25, 0.3) is 22.0 Å². The SMILES string of the molecule is CCOC(=O)c1c(N2CCCCC2)nc2ccc([N+](=O)[O-])cc2c1-c1ccccc1. The number of hydrogen-bond donors (Lipinski definition) is 0. The highest BCUT2D eigenvalue weighted by Gasteiger charge is 2.28. The fourth-order valence-electron chi connectivity index (χ4n) is 3.99. The summed E-state index contributed by atoms with van der Waals surface area (Å²) in [7, 11) is 0. The molecule has 0 saturated carbocycles. The zero-order valence-corrected chi connectivity index (χ0v) is 16.8. The molecule has 0 N–H and O–H groups in total. The number of carbonyl (C=O) groups is 1. The standard InChI is InChI=1S/C23H23N3O4/c1-2-30-23(27)21-20(16-9-5-3-6-10-16)18-15-17(26(28)29)11-12-19(18)24-22(21)25-13-7-4-8-14-25/h3,5-6,9-12,15H,2,4,7-8,13-14H2,1H3. The minimum Gasteiger partial charge on any atom is -0.462 e. The van der Waals surface area contributed by atoms with Crippen LogP contribution in [0.1, 0.15) is 36.5 Å². The van der Waals surface area contributed by atoms with E-state index < -0.39 is 10.9 Å². The first kappa shape index (κ1) is 19.8. The van der Waals surface area contributed by atoms with Crippen LogP contribution in [0.4, 0.5) is 11.5 Å². The molecule has 1 aromatic heterocycles. The Morgan fingerprint density at radius 3 is 2.53 bits per heavy atom. The summed E-state index contributed by atoms with van der Waals surface area (Å²) in [4.78, 5) is 31.0. The number of nitro groups is 1. The molecule has 2 heterocycles. The highest BCUT2D eigenvalue weighted by Crippen LogP contribution is 2.39. The normalized spacial score (nSPS) is 14.0. The van der Waals surface area contributed by atoms with Crippen LogP contribution >= 0.6 is 0 Å². The van der Waals surface area contributed by atoms with Gasteiger partial charge in [-0.25, -0.2) is 9.78 Å². The predicted octanol–water partition coefficient (Wildman–Crippen LogP) is 4.98. The summed E-state index contributed by atoms with van der Waals surface area (Å²) in [5.41, 5.74) is 2.38. The molecule has 0 spiro atoms. The lowest BCUT2D eigenvalue weighted by atomic mass is 9.94. The quantitative estimate of drug-likeness (QED) is 0.338. The molecule has 1 aliphatic heterocycles. The van der Waals surface area contributed by atoms with Crippen LogP contribution in [-0.2, 0) is 4.74 Å². The number of esters is 1. The summed E-state index contributed by atoms with van der Waals surface area (Å²) in [5.74, 6) is 0.131. The Bertz CT molecular complexity index is 1090. The maximum Gasteiger partial charge on any atom is 0.342 e. The van der Waals surface area contributed by atoms with Gasteiger partial charge in [-0.05, 0) is 37.8 Å². The third kappa shape index (κ3) is 3.70. The molecule has 4 rings (SSSR count). The summed E-state index contributed by atoms with van der Waals surface area (Å²) in [6.07, 6.45) is 3.21. The molecule has 0 bridgehead atoms. The molecule has 2 aromatic carbocycles. The average Bonchev–Trinajstić information content (AvgIpc) is 2.78. The third-order valence-electron chi connectivity index (χ3n) is 5.36. The second-order valence-electron chi connectivity index (χ2n) is 7.28. The molecule has 7 nitrogen and oxygen atoms in total. The summed E-state index contributed by atoms with van der Waals surface area (Å²) >= 11 is 0. The van der Waals surface area contributed by atoms with Crippen molar-refractivity contribution >= 4 is 28.4 Å². The van der Waals surface area contributed by atoms with Gasteiger partial charge in [-0.3, -0.25) is 10.1 Å². The number of pyridine rings is 1. The number of nitro benzene ring substituents is 1. The number of benzene rings is 2. The fraction of sp³-hybridized carbons (Fsp3) is 0.304. The lowest BCUT2D eigenvalue weighted by molar-refractivity contribution is -0.384. The van der Waals surface area contributed by atoms with Crippen molar-refractivity contribution in [1.29, 1.82) is 0 Å². The second-order valence-corrected chi connectivity index (χ2v) is 7.28. The molecule has 0 amide bonds. The monoisotopic (exact) mass is 405 g/mol. The number of nitrogens with zero attached hydrogens (tertiary/aromatic N) is 3. The maximum atomic E-state index is 13.1. The molecular formula is C23H23N3O4. The van der Waals surface area contributed by atoms with Crippen LogP contribution in [0.3, 0.4) is 0 Å². The van der Waals surface area contributed by atoms with Gasteiger partial charge < -0.3 is 9.64 Å². The number of piperidine rings is 1. The lowest BCUT2D eigenvalue weighted by Crippen LogP contribution is -2.32. The fourth-order valence-corrected chi connectivity index (χ4v) is 3.99. The molecule has 0 atom stereocenters. The maximum absolute atomic E-state index is 13.1. The van der Waals surface area contributed by atoms with Gasteiger partial charge in [0, 0.05) is 36.2 Å². The van der Waals surface area contributed by atoms with Gasteiger partial charge >= 0.3 is 5.97 Å². The minimum absolute atomic E-state index is 0.0398. The van der Waals surface area contributed by atoms with Crippen molar-refractivity contribution in [3.8, 4) is 11.1 Å². The second kappa shape index (κ2) is 8.49. The van der Waals surface area contributed by atoms with Crippen LogP contribution in [-0.4, -0.2) is 35.6 Å². The van der Waals surface area contributed by atoms with Gasteiger partial charge in [0.1, 0.15) is 11.4 Å². The Hall–Kier alpha value is -3.48. The Labute approximate surface area is 174 Å². The van der Waals surface area contributed by atoms with Crippen molar-refractivity contribution in [2.24, 2.45) is 0 Å². The van der Waals surface area contributed by atoms with E-state index in [4.69, 9.17) is 9.72 Å². The molecule has 0 aliphatic carbocycles. The van der Waals surface area contributed by atoms with Crippen molar-refractivity contribution in [2.75, 3.05) is 24.6 Å². The molecule has 0 unspecified atom stereocenters. The van der Waals surface area contributed by atoms with E-state index in [2.05, 4.69) is 4.90 Å². The van der Waals surface area contributed by atoms with Gasteiger partial charge in [-0.1, -0.05) is 30.3 Å². The molecule has 0 radical (unpaired) electrons. The third-order valence-corrected chi connectivity index (χ3v) is 5.36. The van der Waals surface area contributed by atoms with E-state index in [1.807, 2.05) is 30.3 Å². The molecule has 1 fully saturated rings. The smallest absolute Gasteiger partial charge is 0.342 e. The predicted molar refractivity (Wildman–Crippen MR) is 116 cm³/mol. The van der Waals surface area contributed by atoms with Crippen LogP contribution in [0, 0.1) is 10.1 Å². The van der Waals surface area contributed by atoms with Gasteiger partial charge in [0.05, 0.1) is 17.0 Å². The van der Waals surface area contributed by atoms with Crippen molar-refractivity contribution in [3.05, 3.63) is 64.2 Å². The first-order valence-corrected chi connectivity index (χ1v) is 10.2. The lowest BCUT2D eigenvalue weighted by Gasteiger charge is -2.30. The van der Waals surface area contributed by atoms with Gasteiger partial charge in [-0.2, -0.15) is 0 Å². The van der Waals surface area contributed by atoms with Gasteiger partial charge in [0.25, 0.3) is 5.69 Å². The number of rotatable bonds is 5. The van der Waals surface area contributed by atoms with E-state index in [1.165, 1.54) is 12.1 Å². The number of ether oxygens (including phenoxy) is 1. The number of hydrogen-bond acceptors (Lipinski definition) is 6. The number of aromatic nitrogens is 1. The molecule has 1 saturated heterocycles. The topological polar surface area (TPSA) is 85.6 Å². The number of fused-ring (bicyclic) bond motifs is 1. The first-order valence-electron chi connectivity index (χ1n) is 10.2. The summed E-state index contributed by atoms with van der Waals surface area (Å²) in [6, 6.07) is 14.1. The van der Waals surface area contributed by atoms with Gasteiger partial charge in [0.15, 0.2) is 0 Å². The number of carbonyl (C=O) groups excluding carboxylic acids is 1. The van der Waals surface area contributed by atoms with Crippen molar-refractivity contribution in [3.63, 3.8) is 0 Å². The summed E-state index contributed by atoms with van der Waals surface area (Å²) < 4.78 is 5.41. The highest BCUT2D eigenvalue weighted by molar-refractivity contribution is 6.11. The van der Waals surface area contributed by atoms with Crippen molar-refractivity contribution in [2.45, 2.75) is 26.2 Å². The van der Waals surface area contributed by atoms with Crippen LogP contribution < -0.4 is 4.90 Å². The molecule has 154 valence electrons. The van der Waals surface area contributed by atoms with Crippen LogP contribution in [0.2, 0.25) is 0 Å². The van der Waals surface area contributed by atoms with E-state index in [9.17, 15) is 14.9 Å².